The average Bonchev–Trinajstić information content (AvgIpc) is 2.82. The molecule has 1 saturated heterocycles. The lowest BCUT2D eigenvalue weighted by atomic mass is 9.98. The second kappa shape index (κ2) is 11.1. The van der Waals surface area contributed by atoms with E-state index in [1.165, 1.54) is 26.2 Å². The van der Waals surface area contributed by atoms with Crippen LogP contribution in [0, 0.1) is 11.7 Å². The summed E-state index contributed by atoms with van der Waals surface area (Å²) in [6.07, 6.45) is -2.10. The number of carbonyl (C=O) groups excluding carboxylic acids is 1. The first-order chi connectivity index (χ1) is 17.2. The number of nitrogens with zero attached hydrogens (tertiary/aromatic N) is 2. The van der Waals surface area contributed by atoms with Crippen LogP contribution in [0.1, 0.15) is 49.4 Å². The Hall–Kier alpha value is -3.09. The van der Waals surface area contributed by atoms with Gasteiger partial charge in [-0.15, -0.1) is 0 Å². The largest absolute Gasteiger partial charge is 0.494 e. The molecule has 1 aliphatic heterocycles. The maximum atomic E-state index is 14.7. The van der Waals surface area contributed by atoms with Gasteiger partial charge in [0.25, 0.3) is 0 Å². The normalized spacial score (nSPS) is 15.8. The van der Waals surface area contributed by atoms with Crippen molar-refractivity contribution in [3.8, 4) is 5.75 Å². The molecule has 0 spiro atoms. The van der Waals surface area contributed by atoms with Crippen LogP contribution in [0.5, 0.6) is 5.75 Å². The SMILES string of the molecule is COc1cc(C(C)C(=O)NCc2ccc(C(F)(F)F)nc2N2CCC(C)CC2)cc(F)c1NS(C)(=O)=O. The maximum absolute atomic E-state index is 14.7. The monoisotopic (exact) mass is 546 g/mol. The minimum atomic E-state index is -4.60. The number of benzene rings is 1. The van der Waals surface area contributed by atoms with Crippen molar-refractivity contribution in [2.75, 3.05) is 36.1 Å². The van der Waals surface area contributed by atoms with E-state index in [0.29, 0.717) is 24.6 Å². The first-order valence-electron chi connectivity index (χ1n) is 11.6. The number of piperidine rings is 1. The summed E-state index contributed by atoms with van der Waals surface area (Å²) >= 11 is 0. The quantitative estimate of drug-likeness (QED) is 0.480. The molecule has 1 amide bonds. The molecule has 13 heteroatoms. The van der Waals surface area contributed by atoms with Crippen molar-refractivity contribution in [1.82, 2.24) is 10.3 Å². The summed E-state index contributed by atoms with van der Waals surface area (Å²) in [4.78, 5) is 18.6. The van der Waals surface area contributed by atoms with Crippen molar-refractivity contribution >= 4 is 27.4 Å². The number of methoxy groups -OCH3 is 1. The van der Waals surface area contributed by atoms with Crippen LogP contribution >= 0.6 is 0 Å². The summed E-state index contributed by atoms with van der Waals surface area (Å²) in [5.41, 5.74) is -0.728. The summed E-state index contributed by atoms with van der Waals surface area (Å²) in [5.74, 6) is -1.77. The smallest absolute Gasteiger partial charge is 0.433 e. The van der Waals surface area contributed by atoms with Crippen LogP contribution in [0.15, 0.2) is 24.3 Å². The number of aromatic nitrogens is 1. The molecule has 1 unspecified atom stereocenters. The van der Waals surface area contributed by atoms with Crippen LogP contribution in [-0.4, -0.2) is 45.8 Å². The Kier molecular flexibility index (Phi) is 8.56. The second-order valence-electron chi connectivity index (χ2n) is 9.24. The zero-order chi connectivity index (χ0) is 27.5. The molecule has 37 heavy (non-hydrogen) atoms. The molecular weight excluding hydrogens is 516 g/mol. The molecule has 3 rings (SSSR count). The van der Waals surface area contributed by atoms with E-state index in [1.807, 2.05) is 4.72 Å². The van der Waals surface area contributed by atoms with Gasteiger partial charge in [-0.1, -0.05) is 13.0 Å². The van der Waals surface area contributed by atoms with E-state index in [2.05, 4.69) is 17.2 Å². The van der Waals surface area contributed by atoms with Gasteiger partial charge in [0, 0.05) is 25.2 Å². The fraction of sp³-hybridized carbons (Fsp3) is 0.500. The summed E-state index contributed by atoms with van der Waals surface area (Å²) in [5, 5.41) is 2.69. The van der Waals surface area contributed by atoms with Gasteiger partial charge in [-0.3, -0.25) is 9.52 Å². The molecule has 204 valence electrons. The van der Waals surface area contributed by atoms with Crippen LogP contribution in [0.3, 0.4) is 0 Å². The molecule has 1 aliphatic rings. The average molecular weight is 547 g/mol. The molecule has 2 N–H and O–H groups in total. The van der Waals surface area contributed by atoms with Gasteiger partial charge in [0.15, 0.2) is 5.82 Å². The number of halogens is 4. The van der Waals surface area contributed by atoms with Crippen molar-refractivity contribution < 1.29 is 35.5 Å². The van der Waals surface area contributed by atoms with Gasteiger partial charge >= 0.3 is 6.18 Å². The number of amides is 1. The van der Waals surface area contributed by atoms with Crippen molar-refractivity contribution in [1.29, 1.82) is 0 Å². The predicted octanol–water partition coefficient (Wildman–Crippen LogP) is 4.28. The minimum Gasteiger partial charge on any atom is -0.494 e. The summed E-state index contributed by atoms with van der Waals surface area (Å²) in [6.45, 7) is 4.63. The highest BCUT2D eigenvalue weighted by Gasteiger charge is 2.34. The molecule has 2 heterocycles. The third-order valence-electron chi connectivity index (χ3n) is 6.26. The third kappa shape index (κ3) is 7.24. The van der Waals surface area contributed by atoms with Crippen molar-refractivity contribution in [2.45, 2.75) is 45.3 Å². The van der Waals surface area contributed by atoms with Crippen molar-refractivity contribution in [3.05, 3.63) is 46.9 Å². The maximum Gasteiger partial charge on any atom is 0.433 e. The number of sulfonamides is 1. The number of pyridine rings is 1. The molecular formula is C24H30F4N4O4S. The van der Waals surface area contributed by atoms with Gasteiger partial charge in [-0.2, -0.15) is 13.2 Å². The predicted molar refractivity (Wildman–Crippen MR) is 132 cm³/mol. The lowest BCUT2D eigenvalue weighted by Crippen LogP contribution is -2.35. The Morgan fingerprint density at radius 3 is 2.46 bits per heavy atom. The third-order valence-corrected chi connectivity index (χ3v) is 6.83. The van der Waals surface area contributed by atoms with Crippen LogP contribution in [-0.2, 0) is 27.5 Å². The molecule has 0 radical (unpaired) electrons. The van der Waals surface area contributed by atoms with Crippen molar-refractivity contribution in [2.24, 2.45) is 5.92 Å². The lowest BCUT2D eigenvalue weighted by Gasteiger charge is -2.33. The number of alkyl halides is 3. The molecule has 1 aromatic heterocycles. The van der Waals surface area contributed by atoms with Crippen molar-refractivity contribution in [3.63, 3.8) is 0 Å². The second-order valence-corrected chi connectivity index (χ2v) is 11.0. The fourth-order valence-corrected chi connectivity index (χ4v) is 4.62. The summed E-state index contributed by atoms with van der Waals surface area (Å²) < 4.78 is 84.9. The van der Waals surface area contributed by atoms with Gasteiger partial charge < -0.3 is 15.0 Å². The van der Waals surface area contributed by atoms with E-state index in [-0.39, 0.29) is 29.4 Å². The first-order valence-corrected chi connectivity index (χ1v) is 13.5. The molecule has 1 aromatic carbocycles. The Morgan fingerprint density at radius 2 is 1.89 bits per heavy atom. The minimum absolute atomic E-state index is 0.0803. The van der Waals surface area contributed by atoms with E-state index in [1.54, 1.807) is 4.90 Å². The highest BCUT2D eigenvalue weighted by Crippen LogP contribution is 2.34. The highest BCUT2D eigenvalue weighted by atomic mass is 32.2. The van der Waals surface area contributed by atoms with E-state index in [0.717, 1.165) is 31.2 Å². The number of anilines is 2. The molecule has 1 fully saturated rings. The Morgan fingerprint density at radius 1 is 1.24 bits per heavy atom. The van der Waals surface area contributed by atoms with Gasteiger partial charge in [0.05, 0.1) is 19.3 Å². The molecule has 0 bridgehead atoms. The molecule has 1 atom stereocenters. The van der Waals surface area contributed by atoms with E-state index in [9.17, 15) is 30.8 Å². The lowest BCUT2D eigenvalue weighted by molar-refractivity contribution is -0.141. The zero-order valence-corrected chi connectivity index (χ0v) is 21.8. The van der Waals surface area contributed by atoms with Crippen LogP contribution in [0.2, 0.25) is 0 Å². The molecule has 0 aliphatic carbocycles. The highest BCUT2D eigenvalue weighted by molar-refractivity contribution is 7.92. The Bertz CT molecular complexity index is 1250. The molecule has 0 saturated carbocycles. The van der Waals surface area contributed by atoms with E-state index < -0.39 is 39.5 Å². The number of hydrogen-bond acceptors (Lipinski definition) is 6. The van der Waals surface area contributed by atoms with E-state index >= 15 is 0 Å². The van der Waals surface area contributed by atoms with Gasteiger partial charge in [0.2, 0.25) is 15.9 Å². The van der Waals surface area contributed by atoms with Gasteiger partial charge in [0.1, 0.15) is 22.9 Å². The first kappa shape index (κ1) is 28.5. The Labute approximate surface area is 213 Å². The number of carbonyl (C=O) groups is 1. The standard InChI is InChI=1S/C24H30F4N4O4S/c1-14-7-9-32(10-8-14)22-16(5-6-20(30-22)24(26,27)28)13-29-23(33)15(2)17-11-18(25)21(19(12-17)36-3)31-37(4,34)35/h5-6,11-12,14-15,31H,7-10,13H2,1-4H3,(H,29,33). The summed E-state index contributed by atoms with van der Waals surface area (Å²) in [7, 11) is -2.55. The zero-order valence-electron chi connectivity index (χ0n) is 20.9. The van der Waals surface area contributed by atoms with Crippen LogP contribution < -0.4 is 19.7 Å². The summed E-state index contributed by atoms with van der Waals surface area (Å²) in [6, 6.07) is 4.57. The van der Waals surface area contributed by atoms with Gasteiger partial charge in [-0.25, -0.2) is 17.8 Å². The molecule has 2 aromatic rings. The number of hydrogen-bond donors (Lipinski definition) is 2. The number of ether oxygens (including phenoxy) is 1. The fourth-order valence-electron chi connectivity index (χ4n) is 4.05. The number of nitrogens with one attached hydrogen (secondary N) is 2. The topological polar surface area (TPSA) is 101 Å². The Balaban J connectivity index is 1.81. The van der Waals surface area contributed by atoms with Crippen LogP contribution in [0.25, 0.3) is 0 Å². The van der Waals surface area contributed by atoms with Crippen LogP contribution in [0.4, 0.5) is 29.1 Å². The van der Waals surface area contributed by atoms with Gasteiger partial charge in [-0.05, 0) is 49.4 Å². The number of rotatable bonds is 8. The van der Waals surface area contributed by atoms with E-state index in [4.69, 9.17) is 4.74 Å². The molecule has 8 nitrogen and oxygen atoms in total.